The van der Waals surface area contributed by atoms with Crippen LogP contribution in [0.5, 0.6) is 0 Å². The van der Waals surface area contributed by atoms with Gasteiger partial charge in [-0.05, 0) is 18.6 Å². The molecule has 5 heteroatoms. The highest BCUT2D eigenvalue weighted by atomic mass is 16.2. The van der Waals surface area contributed by atoms with Gasteiger partial charge in [-0.3, -0.25) is 14.6 Å². The summed E-state index contributed by atoms with van der Waals surface area (Å²) in [5.74, 6) is -0.453. The smallest absolute Gasteiger partial charge is 0.242 e. The van der Waals surface area contributed by atoms with Crippen LogP contribution in [0.15, 0.2) is 24.5 Å². The molecule has 0 bridgehead atoms. The Morgan fingerprint density at radius 2 is 2.00 bits per heavy atom. The van der Waals surface area contributed by atoms with Crippen molar-refractivity contribution >= 4 is 11.8 Å². The van der Waals surface area contributed by atoms with Crippen LogP contribution >= 0.6 is 0 Å². The van der Waals surface area contributed by atoms with Gasteiger partial charge in [-0.2, -0.15) is 0 Å². The molecule has 1 aromatic rings. The van der Waals surface area contributed by atoms with E-state index in [-0.39, 0.29) is 17.7 Å². The van der Waals surface area contributed by atoms with E-state index in [4.69, 9.17) is 0 Å². The Balaban J connectivity index is 2.39. The van der Waals surface area contributed by atoms with Gasteiger partial charge < -0.3 is 10.6 Å². The highest BCUT2D eigenvalue weighted by molar-refractivity contribution is 5.87. The number of nitrogens with zero attached hydrogens (tertiary/aromatic N) is 1. The fourth-order valence-corrected chi connectivity index (χ4v) is 1.29. The summed E-state index contributed by atoms with van der Waals surface area (Å²) in [4.78, 5) is 27.1. The summed E-state index contributed by atoms with van der Waals surface area (Å²) in [7, 11) is 0. The van der Waals surface area contributed by atoms with Crippen molar-refractivity contribution in [3.05, 3.63) is 30.1 Å². The molecule has 1 aromatic heterocycles. The van der Waals surface area contributed by atoms with Crippen molar-refractivity contribution in [3.8, 4) is 0 Å². The van der Waals surface area contributed by atoms with E-state index in [1.54, 1.807) is 33.2 Å². The molecule has 0 saturated carbocycles. The van der Waals surface area contributed by atoms with E-state index in [2.05, 4.69) is 15.6 Å². The molecule has 1 heterocycles. The van der Waals surface area contributed by atoms with E-state index in [0.29, 0.717) is 6.54 Å². The lowest BCUT2D eigenvalue weighted by atomic mass is 10.2. The van der Waals surface area contributed by atoms with Gasteiger partial charge in [-0.1, -0.05) is 19.9 Å². The molecule has 5 nitrogen and oxygen atoms in total. The van der Waals surface area contributed by atoms with Crippen LogP contribution in [0.1, 0.15) is 26.3 Å². The fraction of sp³-hybridized carbons (Fsp3) is 0.462. The number of amides is 2. The summed E-state index contributed by atoms with van der Waals surface area (Å²) in [5, 5.41) is 5.40. The summed E-state index contributed by atoms with van der Waals surface area (Å²) in [6, 6.07) is 3.16. The summed E-state index contributed by atoms with van der Waals surface area (Å²) in [6.07, 6.45) is 3.37. The first-order valence-corrected chi connectivity index (χ1v) is 5.97. The van der Waals surface area contributed by atoms with Crippen LogP contribution in [-0.2, 0) is 16.1 Å². The molecular formula is C13H19N3O2. The lowest BCUT2D eigenvalue weighted by Gasteiger charge is -2.15. The van der Waals surface area contributed by atoms with Gasteiger partial charge in [0.15, 0.2) is 0 Å². The second-order valence-electron chi connectivity index (χ2n) is 4.46. The van der Waals surface area contributed by atoms with Crippen LogP contribution in [0.2, 0.25) is 0 Å². The van der Waals surface area contributed by atoms with Crippen LogP contribution in [0.4, 0.5) is 0 Å². The molecule has 0 spiro atoms. The van der Waals surface area contributed by atoms with Gasteiger partial charge >= 0.3 is 0 Å². The third kappa shape index (κ3) is 4.53. The van der Waals surface area contributed by atoms with Crippen LogP contribution < -0.4 is 10.6 Å². The van der Waals surface area contributed by atoms with Crippen molar-refractivity contribution in [2.45, 2.75) is 33.4 Å². The predicted molar refractivity (Wildman–Crippen MR) is 68.5 cm³/mol. The summed E-state index contributed by atoms with van der Waals surface area (Å²) < 4.78 is 0. The van der Waals surface area contributed by atoms with Gasteiger partial charge in [-0.25, -0.2) is 0 Å². The molecule has 2 N–H and O–H groups in total. The molecule has 0 fully saturated rings. The Morgan fingerprint density at radius 3 is 2.56 bits per heavy atom. The molecule has 0 saturated heterocycles. The zero-order valence-corrected chi connectivity index (χ0v) is 10.9. The first-order valence-electron chi connectivity index (χ1n) is 5.97. The van der Waals surface area contributed by atoms with E-state index >= 15 is 0 Å². The largest absolute Gasteiger partial charge is 0.350 e. The summed E-state index contributed by atoms with van der Waals surface area (Å²) >= 11 is 0. The summed E-state index contributed by atoms with van der Waals surface area (Å²) in [6.45, 7) is 5.65. The van der Waals surface area contributed by atoms with Crippen LogP contribution in [-0.4, -0.2) is 22.8 Å². The Hall–Kier alpha value is -1.91. The average molecular weight is 249 g/mol. The number of rotatable bonds is 5. The third-order valence-corrected chi connectivity index (χ3v) is 2.47. The van der Waals surface area contributed by atoms with E-state index in [1.807, 2.05) is 12.1 Å². The fourth-order valence-electron chi connectivity index (χ4n) is 1.29. The molecular weight excluding hydrogens is 230 g/mol. The number of hydrogen-bond acceptors (Lipinski definition) is 3. The number of hydrogen-bond donors (Lipinski definition) is 2. The van der Waals surface area contributed by atoms with Crippen LogP contribution in [0, 0.1) is 5.92 Å². The Labute approximate surface area is 107 Å². The Bertz CT molecular complexity index is 404. The van der Waals surface area contributed by atoms with E-state index < -0.39 is 6.04 Å². The highest BCUT2D eigenvalue weighted by Crippen LogP contribution is 1.96. The number of nitrogens with one attached hydrogen (secondary N) is 2. The molecule has 0 unspecified atom stereocenters. The van der Waals surface area contributed by atoms with Crippen molar-refractivity contribution < 1.29 is 9.59 Å². The van der Waals surface area contributed by atoms with Gasteiger partial charge in [0, 0.05) is 24.9 Å². The molecule has 1 atom stereocenters. The van der Waals surface area contributed by atoms with Crippen LogP contribution in [0.3, 0.4) is 0 Å². The molecule has 0 radical (unpaired) electrons. The Kier molecular flexibility index (Phi) is 5.30. The highest BCUT2D eigenvalue weighted by Gasteiger charge is 2.16. The number of carbonyl (C=O) groups excluding carboxylic acids is 2. The topological polar surface area (TPSA) is 71.1 Å². The maximum absolute atomic E-state index is 11.7. The van der Waals surface area contributed by atoms with Gasteiger partial charge in [-0.15, -0.1) is 0 Å². The maximum atomic E-state index is 11.7. The Morgan fingerprint density at radius 1 is 1.28 bits per heavy atom. The van der Waals surface area contributed by atoms with Gasteiger partial charge in [0.1, 0.15) is 6.04 Å². The van der Waals surface area contributed by atoms with Crippen molar-refractivity contribution in [1.29, 1.82) is 0 Å². The minimum atomic E-state index is -0.531. The first-order chi connectivity index (χ1) is 8.50. The quantitative estimate of drug-likeness (QED) is 0.813. The molecule has 0 aliphatic carbocycles. The van der Waals surface area contributed by atoms with Crippen molar-refractivity contribution in [1.82, 2.24) is 15.6 Å². The molecule has 0 aliphatic heterocycles. The molecule has 98 valence electrons. The standard InChI is InChI=1S/C13H19N3O2/c1-9(2)12(17)16-10(3)13(18)15-8-11-5-4-6-14-7-11/h4-7,9-10H,8H2,1-3H3,(H,15,18)(H,16,17)/t10-/m0/s1. The lowest BCUT2D eigenvalue weighted by molar-refractivity contribution is -0.130. The molecule has 1 rings (SSSR count). The molecule has 0 aliphatic rings. The van der Waals surface area contributed by atoms with Gasteiger partial charge in [0.05, 0.1) is 0 Å². The third-order valence-electron chi connectivity index (χ3n) is 2.47. The maximum Gasteiger partial charge on any atom is 0.242 e. The van der Waals surface area contributed by atoms with Crippen molar-refractivity contribution in [2.24, 2.45) is 5.92 Å². The minimum absolute atomic E-state index is 0.126. The monoisotopic (exact) mass is 249 g/mol. The minimum Gasteiger partial charge on any atom is -0.350 e. The second kappa shape index (κ2) is 6.74. The first kappa shape index (κ1) is 14.2. The normalized spacial score (nSPS) is 12.0. The van der Waals surface area contributed by atoms with E-state index in [1.165, 1.54) is 0 Å². The zero-order chi connectivity index (χ0) is 13.5. The second-order valence-corrected chi connectivity index (χ2v) is 4.46. The molecule has 18 heavy (non-hydrogen) atoms. The van der Waals surface area contributed by atoms with Crippen molar-refractivity contribution in [3.63, 3.8) is 0 Å². The molecule has 0 aromatic carbocycles. The SMILES string of the molecule is CC(C)C(=O)N[C@@H](C)C(=O)NCc1cccnc1. The van der Waals surface area contributed by atoms with Crippen molar-refractivity contribution in [2.75, 3.05) is 0 Å². The van der Waals surface area contributed by atoms with Crippen LogP contribution in [0.25, 0.3) is 0 Å². The number of pyridine rings is 1. The number of carbonyl (C=O) groups is 2. The number of aromatic nitrogens is 1. The van der Waals surface area contributed by atoms with Gasteiger partial charge in [0.25, 0.3) is 0 Å². The lowest BCUT2D eigenvalue weighted by Crippen LogP contribution is -2.45. The van der Waals surface area contributed by atoms with E-state index in [9.17, 15) is 9.59 Å². The summed E-state index contributed by atoms with van der Waals surface area (Å²) in [5.41, 5.74) is 0.924. The molecule has 2 amide bonds. The average Bonchev–Trinajstić information content (AvgIpc) is 2.36. The van der Waals surface area contributed by atoms with Gasteiger partial charge in [0.2, 0.25) is 11.8 Å². The van der Waals surface area contributed by atoms with E-state index in [0.717, 1.165) is 5.56 Å². The predicted octanol–water partition coefficient (Wildman–Crippen LogP) is 0.858. The zero-order valence-electron chi connectivity index (χ0n) is 10.9.